The van der Waals surface area contributed by atoms with Gasteiger partial charge in [0.2, 0.25) is 5.69 Å². The average molecular weight is 463 g/mol. The van der Waals surface area contributed by atoms with Crippen LogP contribution in [0.25, 0.3) is 43.6 Å². The minimum Gasteiger partial charge on any atom is -0.455 e. The molecule has 5 aromatic rings. The second kappa shape index (κ2) is 7.16. The number of rotatable bonds is 2. The molecular formula is C31H32NOSi+. The summed E-state index contributed by atoms with van der Waals surface area (Å²) in [5.74, 6) is 2.36. The molecule has 2 heterocycles. The Morgan fingerprint density at radius 3 is 2.29 bits per heavy atom. The first-order valence-electron chi connectivity index (χ1n) is 12.3. The summed E-state index contributed by atoms with van der Waals surface area (Å²) < 4.78 is 9.20. The number of hydrogen-bond acceptors (Lipinski definition) is 1. The summed E-state index contributed by atoms with van der Waals surface area (Å²) in [6.07, 6.45) is 2.21. The van der Waals surface area contributed by atoms with Crippen LogP contribution in [0, 0.1) is 6.92 Å². The van der Waals surface area contributed by atoms with Gasteiger partial charge in [-0.3, -0.25) is 0 Å². The van der Waals surface area contributed by atoms with E-state index in [-0.39, 0.29) is 0 Å². The van der Waals surface area contributed by atoms with Crippen molar-refractivity contribution in [3.05, 3.63) is 71.9 Å². The molecule has 0 amide bonds. The maximum absolute atomic E-state index is 6.92. The molecule has 1 aliphatic rings. The van der Waals surface area contributed by atoms with Crippen molar-refractivity contribution in [1.82, 2.24) is 0 Å². The zero-order valence-corrected chi connectivity index (χ0v) is 22.2. The first-order chi connectivity index (χ1) is 16.2. The number of pyridine rings is 1. The third-order valence-corrected chi connectivity index (χ3v) is 9.60. The molecule has 6 rings (SSSR count). The summed E-state index contributed by atoms with van der Waals surface area (Å²) in [5.41, 5.74) is 5.09. The van der Waals surface area contributed by atoms with Crippen LogP contribution in [-0.4, -0.2) is 8.07 Å². The van der Waals surface area contributed by atoms with Gasteiger partial charge in [-0.15, -0.1) is 0 Å². The van der Waals surface area contributed by atoms with Crippen LogP contribution in [0.3, 0.4) is 0 Å². The van der Waals surface area contributed by atoms with Crippen LogP contribution in [0.4, 0.5) is 0 Å². The van der Waals surface area contributed by atoms with Gasteiger partial charge in [0.05, 0.1) is 19.0 Å². The molecule has 0 aliphatic carbocycles. The lowest BCUT2D eigenvalue weighted by Crippen LogP contribution is -2.37. The second-order valence-electron chi connectivity index (χ2n) is 11.2. The lowest BCUT2D eigenvalue weighted by atomic mass is 9.85. The second-order valence-corrected chi connectivity index (χ2v) is 16.2. The summed E-state index contributed by atoms with van der Waals surface area (Å²) in [7, 11) is 0.747. The molecular weight excluding hydrogens is 430 g/mol. The van der Waals surface area contributed by atoms with Crippen molar-refractivity contribution in [2.24, 2.45) is 7.05 Å². The molecule has 34 heavy (non-hydrogen) atoms. The molecule has 0 saturated carbocycles. The fourth-order valence-corrected chi connectivity index (χ4v) is 6.96. The molecule has 0 radical (unpaired) electrons. The third kappa shape index (κ3) is 2.89. The van der Waals surface area contributed by atoms with Gasteiger partial charge in [0, 0.05) is 17.0 Å². The molecule has 1 aromatic heterocycles. The molecule has 3 heteroatoms. The van der Waals surface area contributed by atoms with Gasteiger partial charge >= 0.3 is 0 Å². The predicted molar refractivity (Wildman–Crippen MR) is 147 cm³/mol. The van der Waals surface area contributed by atoms with E-state index in [0.29, 0.717) is 5.92 Å². The number of nitrogens with zero attached hydrogens (tertiary/aromatic N) is 1. The highest BCUT2D eigenvalue weighted by Crippen LogP contribution is 2.53. The van der Waals surface area contributed by atoms with Crippen molar-refractivity contribution in [2.75, 3.05) is 0 Å². The molecule has 0 spiro atoms. The number of benzene rings is 4. The van der Waals surface area contributed by atoms with E-state index in [4.69, 9.17) is 4.74 Å². The Labute approximate surface area is 202 Å². The minimum absolute atomic E-state index is 0.351. The highest BCUT2D eigenvalue weighted by Gasteiger charge is 2.34. The van der Waals surface area contributed by atoms with E-state index in [1.54, 1.807) is 0 Å². The topological polar surface area (TPSA) is 13.1 Å². The summed E-state index contributed by atoms with van der Waals surface area (Å²) >= 11 is 0. The maximum atomic E-state index is 6.92. The number of hydrogen-bond donors (Lipinski definition) is 0. The van der Waals surface area contributed by atoms with Crippen molar-refractivity contribution in [2.45, 2.75) is 46.3 Å². The number of aromatic nitrogens is 1. The van der Waals surface area contributed by atoms with Gasteiger partial charge in [0.15, 0.2) is 6.20 Å². The van der Waals surface area contributed by atoms with Crippen LogP contribution in [0.15, 0.2) is 60.8 Å². The van der Waals surface area contributed by atoms with E-state index in [1.807, 2.05) is 0 Å². The van der Waals surface area contributed by atoms with Gasteiger partial charge < -0.3 is 4.74 Å². The van der Waals surface area contributed by atoms with Gasteiger partial charge in [-0.25, -0.2) is 4.57 Å². The monoisotopic (exact) mass is 462 g/mol. The third-order valence-electron chi connectivity index (χ3n) is 7.56. The van der Waals surface area contributed by atoms with Crippen LogP contribution in [0.5, 0.6) is 11.5 Å². The molecule has 2 nitrogen and oxygen atoms in total. The molecule has 0 unspecified atom stereocenters. The maximum Gasteiger partial charge on any atom is 0.228 e. The first-order valence-corrected chi connectivity index (χ1v) is 15.8. The quantitative estimate of drug-likeness (QED) is 0.146. The molecule has 0 saturated heterocycles. The van der Waals surface area contributed by atoms with Crippen LogP contribution in [0.1, 0.15) is 30.9 Å². The SMILES string of the molecule is Cc1c2c(c(C(C)C)c3ccccc13)Oc1cc3cc([Si](C)(C)C)ccc3c3cc[n+](C)c-2c13. The Hall–Kier alpha value is -3.17. The number of ether oxygens (including phenoxy) is 1. The summed E-state index contributed by atoms with van der Waals surface area (Å²) in [5, 5.41) is 9.16. The van der Waals surface area contributed by atoms with E-state index in [1.165, 1.54) is 59.9 Å². The lowest BCUT2D eigenvalue weighted by molar-refractivity contribution is -0.659. The number of aryl methyl sites for hydroxylation is 2. The van der Waals surface area contributed by atoms with Gasteiger partial charge in [-0.1, -0.05) is 81.1 Å². The van der Waals surface area contributed by atoms with Gasteiger partial charge in [0.1, 0.15) is 18.5 Å². The molecule has 0 fully saturated rings. The minimum atomic E-state index is -1.42. The van der Waals surface area contributed by atoms with Crippen molar-refractivity contribution < 1.29 is 9.30 Å². The predicted octanol–water partition coefficient (Wildman–Crippen LogP) is 7.72. The van der Waals surface area contributed by atoms with Crippen LogP contribution in [-0.2, 0) is 7.05 Å². The van der Waals surface area contributed by atoms with Crippen LogP contribution < -0.4 is 14.5 Å². The normalized spacial score (nSPS) is 13.1. The fourth-order valence-electron chi connectivity index (χ4n) is 5.79. The van der Waals surface area contributed by atoms with Gasteiger partial charge in [-0.05, 0) is 46.0 Å². The van der Waals surface area contributed by atoms with E-state index in [2.05, 4.69) is 113 Å². The number of fused-ring (bicyclic) bond motifs is 5. The van der Waals surface area contributed by atoms with E-state index >= 15 is 0 Å². The van der Waals surface area contributed by atoms with Crippen molar-refractivity contribution in [1.29, 1.82) is 0 Å². The molecule has 0 N–H and O–H groups in total. The molecule has 170 valence electrons. The Kier molecular flexibility index (Phi) is 4.50. The average Bonchev–Trinajstić information content (AvgIpc) is 2.79. The zero-order chi connectivity index (χ0) is 23.9. The summed E-state index contributed by atoms with van der Waals surface area (Å²) in [4.78, 5) is 0. The van der Waals surface area contributed by atoms with Crippen LogP contribution in [0.2, 0.25) is 19.6 Å². The highest BCUT2D eigenvalue weighted by molar-refractivity contribution is 6.88. The molecule has 0 bridgehead atoms. The smallest absolute Gasteiger partial charge is 0.228 e. The standard InChI is InChI=1S/C31H32NOSi/c1-18(2)27-24-11-9-8-10-22(24)19(3)28-30-29-25(14-15-32(30)4)23-13-12-21(34(5,6)7)16-20(23)17-26(29)33-31(27)28/h8-18H,1-7H3/q+1. The highest BCUT2D eigenvalue weighted by atomic mass is 28.3. The van der Waals surface area contributed by atoms with Crippen molar-refractivity contribution >= 4 is 45.6 Å². The fraction of sp³-hybridized carbons (Fsp3) is 0.258. The largest absolute Gasteiger partial charge is 0.455 e. The summed E-state index contributed by atoms with van der Waals surface area (Å²) in [6.45, 7) is 14.0. The zero-order valence-electron chi connectivity index (χ0n) is 21.2. The first kappa shape index (κ1) is 21.4. The van der Waals surface area contributed by atoms with Crippen molar-refractivity contribution in [3.63, 3.8) is 0 Å². The van der Waals surface area contributed by atoms with Crippen molar-refractivity contribution in [3.8, 4) is 22.8 Å². The van der Waals surface area contributed by atoms with Crippen LogP contribution >= 0.6 is 0 Å². The summed E-state index contributed by atoms with van der Waals surface area (Å²) in [6, 6.07) is 20.4. The molecule has 4 aromatic carbocycles. The Balaban J connectivity index is 1.79. The Bertz CT molecular complexity index is 1660. The molecule has 1 aliphatic heterocycles. The van der Waals surface area contributed by atoms with Gasteiger partial charge in [0.25, 0.3) is 0 Å². The Morgan fingerprint density at radius 1 is 0.853 bits per heavy atom. The van der Waals surface area contributed by atoms with E-state index in [0.717, 1.165) is 11.5 Å². The van der Waals surface area contributed by atoms with Gasteiger partial charge in [-0.2, -0.15) is 0 Å². The van der Waals surface area contributed by atoms with E-state index < -0.39 is 8.07 Å². The lowest BCUT2D eigenvalue weighted by Gasteiger charge is -2.27. The molecule has 0 atom stereocenters. The van der Waals surface area contributed by atoms with E-state index in [9.17, 15) is 0 Å². The Morgan fingerprint density at radius 2 is 1.59 bits per heavy atom.